The van der Waals surface area contributed by atoms with Crippen LogP contribution in [-0.2, 0) is 27.9 Å². The Bertz CT molecular complexity index is 1450. The van der Waals surface area contributed by atoms with E-state index in [9.17, 15) is 19.2 Å². The van der Waals surface area contributed by atoms with Crippen LogP contribution in [0, 0.1) is 6.92 Å². The number of carbonyl (C=O) groups excluding carboxylic acids is 4. The van der Waals surface area contributed by atoms with Crippen LogP contribution in [0.2, 0.25) is 0 Å². The van der Waals surface area contributed by atoms with Crippen molar-refractivity contribution in [1.29, 1.82) is 0 Å². The third-order valence-electron chi connectivity index (χ3n) is 5.92. The summed E-state index contributed by atoms with van der Waals surface area (Å²) in [5, 5.41) is 13.8. The molecule has 226 valence electrons. The van der Waals surface area contributed by atoms with E-state index in [1.807, 2.05) is 0 Å². The molecule has 0 saturated carbocycles. The van der Waals surface area contributed by atoms with Gasteiger partial charge in [-0.25, -0.2) is 9.59 Å². The van der Waals surface area contributed by atoms with Crippen molar-refractivity contribution in [3.8, 4) is 11.5 Å². The molecule has 0 saturated heterocycles. The fraction of sp³-hybridized carbons (Fsp3) is 0.407. The van der Waals surface area contributed by atoms with Gasteiger partial charge in [-0.3, -0.25) is 9.59 Å². The molecule has 0 aliphatic heterocycles. The van der Waals surface area contributed by atoms with Gasteiger partial charge < -0.3 is 34.1 Å². The van der Waals surface area contributed by atoms with Gasteiger partial charge in [0, 0.05) is 18.7 Å². The Hall–Kier alpha value is -4.11. The smallest absolute Gasteiger partial charge is 0.348 e. The van der Waals surface area contributed by atoms with Crippen LogP contribution in [0.25, 0.3) is 0 Å². The van der Waals surface area contributed by atoms with Gasteiger partial charge >= 0.3 is 11.9 Å². The monoisotopic (exact) mass is 619 g/mol. The van der Waals surface area contributed by atoms with Crippen molar-refractivity contribution in [2.75, 3.05) is 32.8 Å². The van der Waals surface area contributed by atoms with Crippen LogP contribution >= 0.6 is 23.1 Å². The predicted octanol–water partition coefficient (Wildman–Crippen LogP) is 3.60. The molecule has 0 aliphatic rings. The molecule has 1 atom stereocenters. The first-order chi connectivity index (χ1) is 20.0. The molecule has 2 N–H and O–H groups in total. The van der Waals surface area contributed by atoms with E-state index in [1.165, 1.54) is 14.2 Å². The summed E-state index contributed by atoms with van der Waals surface area (Å²) in [5.74, 6) is -0.593. The summed E-state index contributed by atoms with van der Waals surface area (Å²) in [4.78, 5) is 51.1. The number of thiophene rings is 1. The Morgan fingerprint density at radius 3 is 2.21 bits per heavy atom. The molecule has 13 nitrogen and oxygen atoms in total. The maximum atomic E-state index is 13.1. The van der Waals surface area contributed by atoms with Crippen molar-refractivity contribution in [2.24, 2.45) is 7.05 Å². The van der Waals surface area contributed by atoms with Gasteiger partial charge in [0.1, 0.15) is 21.4 Å². The second-order valence-corrected chi connectivity index (χ2v) is 11.0. The molecule has 2 aromatic heterocycles. The summed E-state index contributed by atoms with van der Waals surface area (Å²) in [6.45, 7) is 7.00. The van der Waals surface area contributed by atoms with Crippen molar-refractivity contribution in [3.63, 3.8) is 0 Å². The number of thioether (sulfide) groups is 1. The number of anilines is 1. The van der Waals surface area contributed by atoms with Gasteiger partial charge in [-0.15, -0.1) is 21.5 Å². The largest absolute Gasteiger partial charge is 0.497 e. The third kappa shape index (κ3) is 7.59. The van der Waals surface area contributed by atoms with Crippen molar-refractivity contribution >= 4 is 51.9 Å². The second-order valence-electron chi connectivity index (χ2n) is 8.69. The van der Waals surface area contributed by atoms with Gasteiger partial charge in [-0.05, 0) is 45.4 Å². The number of aromatic nitrogens is 3. The number of benzene rings is 1. The van der Waals surface area contributed by atoms with Crippen molar-refractivity contribution in [2.45, 2.75) is 44.6 Å². The maximum Gasteiger partial charge on any atom is 0.348 e. The average molecular weight is 620 g/mol. The normalized spacial score (nSPS) is 11.4. The number of methoxy groups -OCH3 is 2. The fourth-order valence-corrected chi connectivity index (χ4v) is 5.59. The molecule has 42 heavy (non-hydrogen) atoms. The maximum absolute atomic E-state index is 13.1. The van der Waals surface area contributed by atoms with E-state index in [-0.39, 0.29) is 41.1 Å². The molecule has 15 heteroatoms. The highest BCUT2D eigenvalue weighted by molar-refractivity contribution is 8.00. The zero-order chi connectivity index (χ0) is 31.0. The Morgan fingerprint density at radius 2 is 1.62 bits per heavy atom. The number of esters is 2. The zero-order valence-electron chi connectivity index (χ0n) is 24.4. The highest BCUT2D eigenvalue weighted by atomic mass is 32.2. The number of nitrogens with one attached hydrogen (secondary N) is 2. The van der Waals surface area contributed by atoms with Crippen LogP contribution in [0.3, 0.4) is 0 Å². The van der Waals surface area contributed by atoms with Crippen LogP contribution in [0.15, 0.2) is 23.4 Å². The summed E-state index contributed by atoms with van der Waals surface area (Å²) in [6.07, 6.45) is 0. The number of rotatable bonds is 13. The number of amides is 2. The molecular weight excluding hydrogens is 586 g/mol. The predicted molar refractivity (Wildman–Crippen MR) is 157 cm³/mol. The van der Waals surface area contributed by atoms with Gasteiger partial charge in [0.2, 0.25) is 5.91 Å². The van der Waals surface area contributed by atoms with E-state index in [0.717, 1.165) is 23.1 Å². The van der Waals surface area contributed by atoms with Crippen molar-refractivity contribution in [3.05, 3.63) is 45.6 Å². The quantitative estimate of drug-likeness (QED) is 0.213. The third-order valence-corrected chi connectivity index (χ3v) is 8.24. The van der Waals surface area contributed by atoms with E-state index < -0.39 is 23.1 Å². The first-order valence-electron chi connectivity index (χ1n) is 12.9. The lowest BCUT2D eigenvalue weighted by Crippen LogP contribution is -2.25. The van der Waals surface area contributed by atoms with Gasteiger partial charge in [0.05, 0.1) is 44.8 Å². The number of hydrogen-bond donors (Lipinski definition) is 2. The molecular formula is C27H33N5O8S2. The zero-order valence-corrected chi connectivity index (χ0v) is 26.0. The summed E-state index contributed by atoms with van der Waals surface area (Å²) in [5.41, 5.74) is 0.839. The molecule has 0 fully saturated rings. The highest BCUT2D eigenvalue weighted by Crippen LogP contribution is 2.35. The number of nitrogens with zero attached hydrogens (tertiary/aromatic N) is 3. The Balaban J connectivity index is 1.70. The molecule has 1 aromatic carbocycles. The molecule has 2 heterocycles. The molecule has 0 radical (unpaired) electrons. The van der Waals surface area contributed by atoms with E-state index in [1.54, 1.807) is 57.5 Å². The molecule has 2 amide bonds. The number of ether oxygens (including phenoxy) is 4. The second kappa shape index (κ2) is 14.7. The topological polar surface area (TPSA) is 160 Å². The first-order valence-corrected chi connectivity index (χ1v) is 14.6. The van der Waals surface area contributed by atoms with Crippen molar-refractivity contribution in [1.82, 2.24) is 20.1 Å². The summed E-state index contributed by atoms with van der Waals surface area (Å²) < 4.78 is 22.3. The minimum Gasteiger partial charge on any atom is -0.497 e. The SMILES string of the molecule is CCOC(=O)c1sc(NC(=O)[C@@H](C)Sc2nnc(CNC(=O)c3cc(OC)cc(OC)c3)n2C)c(C(=O)OCC)c1C. The van der Waals surface area contributed by atoms with Gasteiger partial charge in [0.15, 0.2) is 11.0 Å². The van der Waals surface area contributed by atoms with Crippen LogP contribution in [0.5, 0.6) is 11.5 Å². The van der Waals surface area contributed by atoms with Crippen LogP contribution in [-0.4, -0.2) is 71.2 Å². The Kier molecular flexibility index (Phi) is 11.3. The molecule has 0 spiro atoms. The summed E-state index contributed by atoms with van der Waals surface area (Å²) in [7, 11) is 4.71. The lowest BCUT2D eigenvalue weighted by molar-refractivity contribution is -0.115. The molecule has 0 aliphatic carbocycles. The average Bonchev–Trinajstić information content (AvgIpc) is 3.49. The standard InChI is InChI=1S/C27H33N5O8S2/c1-8-39-25(35)20-14(3)21(26(36)40-9-2)42-24(20)29-22(33)15(4)41-27-31-30-19(32(27)5)13-28-23(34)16-10-17(37-6)12-18(11-16)38-7/h10-12,15H,8-9,13H2,1-7H3,(H,28,34)(H,29,33)/t15-/m1/s1. The van der Waals surface area contributed by atoms with Crippen molar-refractivity contribution < 1.29 is 38.1 Å². The molecule has 3 rings (SSSR count). The Morgan fingerprint density at radius 1 is 1.00 bits per heavy atom. The van der Waals surface area contributed by atoms with E-state index >= 15 is 0 Å². The van der Waals surface area contributed by atoms with Gasteiger partial charge in [-0.1, -0.05) is 11.8 Å². The minimum absolute atomic E-state index is 0.0804. The van der Waals surface area contributed by atoms with Crippen LogP contribution < -0.4 is 20.1 Å². The van der Waals surface area contributed by atoms with Gasteiger partial charge in [-0.2, -0.15) is 0 Å². The minimum atomic E-state index is -0.664. The lowest BCUT2D eigenvalue weighted by atomic mass is 10.1. The summed E-state index contributed by atoms with van der Waals surface area (Å²) >= 11 is 2.09. The molecule has 0 unspecified atom stereocenters. The number of carbonyl (C=O) groups is 4. The van der Waals surface area contributed by atoms with E-state index in [0.29, 0.717) is 33.6 Å². The number of hydrogen-bond acceptors (Lipinski definition) is 12. The van der Waals surface area contributed by atoms with E-state index in [4.69, 9.17) is 18.9 Å². The van der Waals surface area contributed by atoms with Gasteiger partial charge in [0.25, 0.3) is 5.91 Å². The first kappa shape index (κ1) is 32.4. The fourth-order valence-electron chi connectivity index (χ4n) is 3.67. The van der Waals surface area contributed by atoms with Crippen LogP contribution in [0.1, 0.15) is 62.5 Å². The highest BCUT2D eigenvalue weighted by Gasteiger charge is 2.29. The lowest BCUT2D eigenvalue weighted by Gasteiger charge is -2.12. The Labute approximate surface area is 251 Å². The molecule has 3 aromatic rings. The van der Waals surface area contributed by atoms with E-state index in [2.05, 4.69) is 20.8 Å². The molecule has 0 bridgehead atoms. The van der Waals surface area contributed by atoms with Crippen LogP contribution in [0.4, 0.5) is 5.00 Å². The summed E-state index contributed by atoms with van der Waals surface area (Å²) in [6, 6.07) is 4.85.